The van der Waals surface area contributed by atoms with E-state index in [0.717, 1.165) is 59.4 Å². The molecule has 0 aliphatic heterocycles. The van der Waals surface area contributed by atoms with Crippen LogP contribution in [0.5, 0.6) is 0 Å². The third-order valence-electron chi connectivity index (χ3n) is 9.45. The van der Waals surface area contributed by atoms with E-state index in [2.05, 4.69) is 4.74 Å². The van der Waals surface area contributed by atoms with Crippen molar-refractivity contribution in [3.05, 3.63) is 130 Å². The predicted octanol–water partition coefficient (Wildman–Crippen LogP) is 11.7. The Morgan fingerprint density at radius 3 is 1.34 bits per heavy atom. The smallest absolute Gasteiger partial charge is 0.419 e. The monoisotopic (exact) mass is 996 g/mol. The Hall–Kier alpha value is -5.32. The molecule has 0 radical (unpaired) electrons. The van der Waals surface area contributed by atoms with E-state index in [1.165, 1.54) is 11.3 Å². The Balaban J connectivity index is 0.000000335. The summed E-state index contributed by atoms with van der Waals surface area (Å²) in [5.74, 6) is -6.29. The summed E-state index contributed by atoms with van der Waals surface area (Å²) in [6.45, 7) is 2.43. The van der Waals surface area contributed by atoms with Crippen LogP contribution in [0, 0.1) is 25.5 Å². The highest BCUT2D eigenvalue weighted by molar-refractivity contribution is 7.93. The second-order valence-corrected chi connectivity index (χ2v) is 19.9. The molecule has 0 unspecified atom stereocenters. The average molecular weight is 997 g/mol. The third kappa shape index (κ3) is 12.9. The Labute approximate surface area is 378 Å². The first-order chi connectivity index (χ1) is 29.3. The van der Waals surface area contributed by atoms with E-state index in [-0.39, 0.29) is 31.0 Å². The summed E-state index contributed by atoms with van der Waals surface area (Å²) in [6, 6.07) is 18.9. The van der Waals surface area contributed by atoms with Crippen molar-refractivity contribution in [2.75, 3.05) is 27.2 Å². The van der Waals surface area contributed by atoms with Crippen LogP contribution in [0.4, 0.5) is 45.1 Å². The van der Waals surface area contributed by atoms with Gasteiger partial charge in [0.25, 0.3) is 0 Å². The van der Waals surface area contributed by atoms with Gasteiger partial charge in [-0.1, -0.05) is 63.4 Å². The summed E-state index contributed by atoms with van der Waals surface area (Å²) in [6.07, 6.45) is -11.0. The lowest BCUT2D eigenvalue weighted by Crippen LogP contribution is -2.33. The molecule has 10 nitrogen and oxygen atoms in total. The van der Waals surface area contributed by atoms with Gasteiger partial charge in [0.1, 0.15) is 21.6 Å². The number of ether oxygens (including phenoxy) is 1. The summed E-state index contributed by atoms with van der Waals surface area (Å²) in [5, 5.41) is 11.1. The fraction of sp³-hybridized carbons (Fsp3) is 0.302. The number of halogens is 8. The number of rotatable bonds is 14. The summed E-state index contributed by atoms with van der Waals surface area (Å²) in [4.78, 5) is 22.4. The van der Waals surface area contributed by atoms with Crippen molar-refractivity contribution < 1.29 is 71.4 Å². The molecule has 0 spiro atoms. The fourth-order valence-corrected chi connectivity index (χ4v) is 12.2. The lowest BCUT2D eigenvalue weighted by atomic mass is 10.1. The van der Waals surface area contributed by atoms with Crippen LogP contribution < -0.4 is 8.61 Å². The van der Waals surface area contributed by atoms with Crippen molar-refractivity contribution in [2.45, 2.75) is 67.0 Å². The summed E-state index contributed by atoms with van der Waals surface area (Å²) in [5.41, 5.74) is -1.87. The number of alkyl halides is 6. The Morgan fingerprint density at radius 1 is 0.631 bits per heavy atom. The van der Waals surface area contributed by atoms with Crippen LogP contribution in [0.3, 0.4) is 0 Å². The third-order valence-corrected chi connectivity index (χ3v) is 15.7. The number of carboxylic acid groups (broad SMARTS) is 1. The molecule has 0 fully saturated rings. The predicted molar refractivity (Wildman–Crippen MR) is 238 cm³/mol. The van der Waals surface area contributed by atoms with E-state index in [4.69, 9.17) is 5.11 Å². The molecule has 22 heteroatoms. The van der Waals surface area contributed by atoms with Crippen LogP contribution in [0.1, 0.15) is 61.1 Å². The van der Waals surface area contributed by atoms with Gasteiger partial charge in [0, 0.05) is 9.40 Å². The number of carbonyl (C=O) groups is 2. The van der Waals surface area contributed by atoms with E-state index in [0.29, 0.717) is 40.4 Å². The maximum atomic E-state index is 13.7. The number of benzene rings is 4. The molecule has 0 saturated heterocycles. The SMILES string of the molecule is C.C.COC(=O)CCS(=O)(=O)N(Cc1ccc(F)c(C(F)(F)F)c1)c1sc2ccccc2c1C.Cc1c(N(Cc2ccc(F)c(C(F)(F)F)c2)S(=O)(=O)CCC(=O)O)sc2ccccc12. The molecule has 354 valence electrons. The maximum absolute atomic E-state index is 13.7. The van der Waals surface area contributed by atoms with Crippen LogP contribution in [0.15, 0.2) is 84.9 Å². The van der Waals surface area contributed by atoms with Crippen LogP contribution in [-0.2, 0) is 59.8 Å². The van der Waals surface area contributed by atoms with Crippen LogP contribution in [-0.4, -0.2) is 52.5 Å². The molecule has 0 aliphatic carbocycles. The number of fused-ring (bicyclic) bond motifs is 2. The standard InChI is InChI=1S/C21H19F4NO4S2.C20H17F4NO4S2.2CH4/c1-13-15-5-3-4-6-18(15)31-20(13)26(32(28,29)10-9-19(27)30-2)12-14-7-8-17(22)16(11-14)21(23,24)25;1-12-14-4-2-3-5-17(14)30-19(12)25(31(28,29)9-8-18(26)27)11-13-6-7-16(21)15(10-13)20(22,23)24;;/h3-8,11H,9-10,12H2,1-2H3;2-7,10H,8-9,11H2,1H3,(H,26,27);2*1H4. The zero-order valence-electron chi connectivity index (χ0n) is 33.2. The summed E-state index contributed by atoms with van der Waals surface area (Å²) in [7, 11) is -7.22. The van der Waals surface area contributed by atoms with E-state index < -0.39 is 105 Å². The first-order valence-corrected chi connectivity index (χ1v) is 23.2. The van der Waals surface area contributed by atoms with Crippen LogP contribution in [0.25, 0.3) is 20.2 Å². The molecule has 6 rings (SSSR count). The highest BCUT2D eigenvalue weighted by atomic mass is 32.2. The van der Waals surface area contributed by atoms with Gasteiger partial charge in [-0.25, -0.2) is 25.6 Å². The normalized spacial score (nSPS) is 11.9. The lowest BCUT2D eigenvalue weighted by Gasteiger charge is -2.24. The molecule has 1 N–H and O–H groups in total. The van der Waals surface area contributed by atoms with Crippen LogP contribution >= 0.6 is 22.7 Å². The van der Waals surface area contributed by atoms with Gasteiger partial charge < -0.3 is 9.84 Å². The van der Waals surface area contributed by atoms with Gasteiger partial charge in [-0.05, 0) is 83.3 Å². The van der Waals surface area contributed by atoms with E-state index in [1.54, 1.807) is 56.3 Å². The largest absolute Gasteiger partial charge is 0.481 e. The topological polar surface area (TPSA) is 138 Å². The van der Waals surface area contributed by atoms with Gasteiger partial charge in [0.05, 0.1) is 55.7 Å². The molecule has 0 aliphatic rings. The molecule has 0 saturated carbocycles. The molecule has 0 amide bonds. The van der Waals surface area contributed by atoms with Crippen LogP contribution in [0.2, 0.25) is 0 Å². The van der Waals surface area contributed by atoms with Crippen molar-refractivity contribution in [1.29, 1.82) is 0 Å². The summed E-state index contributed by atoms with van der Waals surface area (Å²) >= 11 is 2.29. The van der Waals surface area contributed by atoms with E-state index >= 15 is 0 Å². The first-order valence-electron chi connectivity index (χ1n) is 18.3. The molecule has 0 bridgehead atoms. The van der Waals surface area contributed by atoms with Gasteiger partial charge in [0.15, 0.2) is 0 Å². The van der Waals surface area contributed by atoms with Gasteiger partial charge >= 0.3 is 24.3 Å². The van der Waals surface area contributed by atoms with Crippen molar-refractivity contribution in [1.82, 2.24) is 0 Å². The quantitative estimate of drug-likeness (QED) is 0.0841. The Kier molecular flexibility index (Phi) is 17.7. The number of methoxy groups -OCH3 is 1. The molecule has 6 aromatic rings. The van der Waals surface area contributed by atoms with Crippen molar-refractivity contribution in [2.24, 2.45) is 0 Å². The van der Waals surface area contributed by atoms with Crippen molar-refractivity contribution in [3.8, 4) is 0 Å². The minimum absolute atomic E-state index is 0. The molecule has 2 heterocycles. The minimum Gasteiger partial charge on any atom is -0.481 e. The van der Waals surface area contributed by atoms with Gasteiger partial charge in [-0.15, -0.1) is 22.7 Å². The molecular weight excluding hydrogens is 953 g/mol. The summed E-state index contributed by atoms with van der Waals surface area (Å²) < 4.78 is 166. The van der Waals surface area contributed by atoms with Crippen molar-refractivity contribution >= 4 is 84.8 Å². The Morgan fingerprint density at radius 2 is 1.00 bits per heavy atom. The van der Waals surface area contributed by atoms with Gasteiger partial charge in [0.2, 0.25) is 20.0 Å². The number of aryl methyl sites for hydroxylation is 2. The number of thiophene rings is 2. The number of carbonyl (C=O) groups excluding carboxylic acids is 1. The highest BCUT2D eigenvalue weighted by Gasteiger charge is 2.37. The zero-order valence-corrected chi connectivity index (χ0v) is 36.4. The molecule has 0 atom stereocenters. The molecule has 65 heavy (non-hydrogen) atoms. The van der Waals surface area contributed by atoms with E-state index in [9.17, 15) is 61.5 Å². The number of hydrogen-bond acceptors (Lipinski definition) is 9. The number of anilines is 2. The number of esters is 1. The van der Waals surface area contributed by atoms with E-state index in [1.807, 2.05) is 6.07 Å². The Bertz CT molecular complexity index is 2880. The number of carboxylic acids is 1. The lowest BCUT2D eigenvalue weighted by molar-refractivity contribution is -0.141. The van der Waals surface area contributed by atoms with Crippen molar-refractivity contribution in [3.63, 3.8) is 0 Å². The molecule has 4 aromatic carbocycles. The number of nitrogens with zero attached hydrogens (tertiary/aromatic N) is 2. The number of hydrogen-bond donors (Lipinski definition) is 1. The van der Waals surface area contributed by atoms with Gasteiger partial charge in [-0.2, -0.15) is 26.3 Å². The first kappa shape index (κ1) is 54.0. The fourth-order valence-electron chi connectivity index (χ4n) is 6.25. The second kappa shape index (κ2) is 21.3. The molecular formula is C43H44F8N2O8S4. The van der Waals surface area contributed by atoms with Gasteiger partial charge in [-0.3, -0.25) is 18.2 Å². The molecule has 2 aromatic heterocycles. The zero-order chi connectivity index (χ0) is 46.7. The number of sulfonamides is 2. The minimum atomic E-state index is -4.94. The highest BCUT2D eigenvalue weighted by Crippen LogP contribution is 2.42. The second-order valence-electron chi connectivity index (χ2n) is 13.8. The maximum Gasteiger partial charge on any atom is 0.419 e. The number of aliphatic carboxylic acids is 1. The average Bonchev–Trinajstić information content (AvgIpc) is 3.73.